The molecule has 2 aromatic carbocycles. The number of fused-ring (bicyclic) bond motifs is 1. The molecule has 1 amide bonds. The smallest absolute Gasteiger partial charge is 0.227 e. The third-order valence-corrected chi connectivity index (χ3v) is 5.51. The van der Waals surface area contributed by atoms with Gasteiger partial charge in [0.15, 0.2) is 5.82 Å². The molecule has 0 saturated carbocycles. The Kier molecular flexibility index (Phi) is 5.37. The Hall–Kier alpha value is -4.00. The molecule has 0 saturated heterocycles. The van der Waals surface area contributed by atoms with Crippen LogP contribution in [0.3, 0.4) is 0 Å². The van der Waals surface area contributed by atoms with Gasteiger partial charge >= 0.3 is 0 Å². The fourth-order valence-corrected chi connectivity index (χ4v) is 3.94. The number of carbonyl (C=O) groups excluding carboxylic acids is 1. The number of aromatic amines is 1. The van der Waals surface area contributed by atoms with Crippen LogP contribution >= 0.6 is 0 Å². The molecular formula is C25H23N5O2. The van der Waals surface area contributed by atoms with Gasteiger partial charge in [-0.1, -0.05) is 48.5 Å². The lowest BCUT2D eigenvalue weighted by molar-refractivity contribution is -0.120. The lowest BCUT2D eigenvalue weighted by atomic mass is 10.0. The molecule has 0 fully saturated rings. The lowest BCUT2D eigenvalue weighted by Gasteiger charge is -2.14. The highest BCUT2D eigenvalue weighted by atomic mass is 16.5. The normalized spacial score (nSPS) is 14.6. The van der Waals surface area contributed by atoms with Gasteiger partial charge in [0.2, 0.25) is 5.91 Å². The fourth-order valence-electron chi connectivity index (χ4n) is 3.94. The van der Waals surface area contributed by atoms with Crippen LogP contribution in [0.1, 0.15) is 17.0 Å². The predicted octanol–water partition coefficient (Wildman–Crippen LogP) is 3.50. The number of rotatable bonds is 6. The first-order valence-electron chi connectivity index (χ1n) is 10.6. The molecule has 5 rings (SSSR count). The number of nitrogens with one attached hydrogen (secondary N) is 2. The van der Waals surface area contributed by atoms with E-state index in [0.29, 0.717) is 18.2 Å². The van der Waals surface area contributed by atoms with Crippen LogP contribution in [0.4, 0.5) is 0 Å². The number of carbonyl (C=O) groups is 1. The van der Waals surface area contributed by atoms with Crippen LogP contribution in [0.5, 0.6) is 5.75 Å². The second-order valence-corrected chi connectivity index (χ2v) is 7.86. The summed E-state index contributed by atoms with van der Waals surface area (Å²) in [6.07, 6.45) is 2.56. The summed E-state index contributed by atoms with van der Waals surface area (Å²) in [5.74, 6) is 1.85. The second kappa shape index (κ2) is 8.63. The lowest BCUT2D eigenvalue weighted by Crippen LogP contribution is -2.35. The Morgan fingerprint density at radius 3 is 2.84 bits per heavy atom. The molecule has 0 spiro atoms. The van der Waals surface area contributed by atoms with E-state index in [4.69, 9.17) is 4.74 Å². The van der Waals surface area contributed by atoms with E-state index in [2.05, 4.69) is 31.5 Å². The monoisotopic (exact) mass is 425 g/mol. The van der Waals surface area contributed by atoms with Crippen molar-refractivity contribution in [3.63, 3.8) is 0 Å². The zero-order chi connectivity index (χ0) is 21.9. The molecule has 0 aliphatic carbocycles. The molecule has 1 aliphatic heterocycles. The zero-order valence-corrected chi connectivity index (χ0v) is 17.7. The molecule has 7 heteroatoms. The minimum atomic E-state index is -0.124. The molecule has 2 aromatic heterocycles. The van der Waals surface area contributed by atoms with Gasteiger partial charge in [-0.05, 0) is 30.2 Å². The van der Waals surface area contributed by atoms with Crippen molar-refractivity contribution in [3.8, 4) is 28.4 Å². The van der Waals surface area contributed by atoms with E-state index >= 15 is 0 Å². The Balaban J connectivity index is 1.20. The average Bonchev–Trinajstić information content (AvgIpc) is 3.45. The molecule has 0 bridgehead atoms. The van der Waals surface area contributed by atoms with Crippen molar-refractivity contribution in [2.24, 2.45) is 0 Å². The highest BCUT2D eigenvalue weighted by Gasteiger charge is 2.27. The van der Waals surface area contributed by atoms with Crippen molar-refractivity contribution >= 4 is 5.91 Å². The number of amides is 1. The average molecular weight is 425 g/mol. The molecule has 160 valence electrons. The molecule has 3 heterocycles. The van der Waals surface area contributed by atoms with Crippen molar-refractivity contribution in [3.05, 3.63) is 83.8 Å². The third-order valence-electron chi connectivity index (χ3n) is 5.51. The van der Waals surface area contributed by atoms with Crippen LogP contribution in [-0.4, -0.2) is 38.7 Å². The number of hydrogen-bond acceptors (Lipinski definition) is 5. The van der Waals surface area contributed by atoms with Crippen LogP contribution in [-0.2, 0) is 17.6 Å². The highest BCUT2D eigenvalue weighted by molar-refractivity contribution is 5.78. The summed E-state index contributed by atoms with van der Waals surface area (Å²) in [7, 11) is 0. The summed E-state index contributed by atoms with van der Waals surface area (Å²) >= 11 is 0. The van der Waals surface area contributed by atoms with Crippen LogP contribution in [0.15, 0.2) is 66.9 Å². The van der Waals surface area contributed by atoms with Gasteiger partial charge in [0.25, 0.3) is 0 Å². The van der Waals surface area contributed by atoms with E-state index < -0.39 is 0 Å². The number of H-pyrrole nitrogens is 1. The van der Waals surface area contributed by atoms with Crippen molar-refractivity contribution < 1.29 is 9.53 Å². The number of aryl methyl sites for hydroxylation is 1. The third kappa shape index (κ3) is 4.09. The second-order valence-electron chi connectivity index (χ2n) is 7.86. The summed E-state index contributed by atoms with van der Waals surface area (Å²) in [6, 6.07) is 19.8. The molecule has 2 N–H and O–H groups in total. The van der Waals surface area contributed by atoms with Gasteiger partial charge in [-0.2, -0.15) is 5.10 Å². The topological polar surface area (TPSA) is 92.8 Å². The molecule has 0 radical (unpaired) electrons. The molecule has 1 atom stereocenters. The van der Waals surface area contributed by atoms with Gasteiger partial charge in [0.05, 0.1) is 18.7 Å². The van der Waals surface area contributed by atoms with Crippen molar-refractivity contribution in [1.82, 2.24) is 25.5 Å². The number of aromatic nitrogens is 4. The number of para-hydroxylation sites is 1. The van der Waals surface area contributed by atoms with Gasteiger partial charge in [-0.15, -0.1) is 0 Å². The maximum absolute atomic E-state index is 12.5. The van der Waals surface area contributed by atoms with Gasteiger partial charge in [-0.3, -0.25) is 14.9 Å². The Morgan fingerprint density at radius 2 is 2.00 bits per heavy atom. The van der Waals surface area contributed by atoms with E-state index in [1.165, 1.54) is 0 Å². The van der Waals surface area contributed by atoms with E-state index in [0.717, 1.165) is 40.1 Å². The van der Waals surface area contributed by atoms with Gasteiger partial charge in [0, 0.05) is 23.7 Å². The van der Waals surface area contributed by atoms with E-state index in [9.17, 15) is 4.79 Å². The number of pyridine rings is 1. The SMILES string of the molecule is Cc1cccnc1-c1cccc2c1OC(CNC(=O)Cc1nc(-c3ccccc3)n[nH]1)C2. The fraction of sp³-hybridized carbons (Fsp3) is 0.200. The molecule has 32 heavy (non-hydrogen) atoms. The maximum Gasteiger partial charge on any atom is 0.227 e. The van der Waals surface area contributed by atoms with Crippen molar-refractivity contribution in [1.29, 1.82) is 0 Å². The molecule has 1 unspecified atom stereocenters. The minimum absolute atomic E-state index is 0.117. The first-order chi connectivity index (χ1) is 15.7. The summed E-state index contributed by atoms with van der Waals surface area (Å²) in [5.41, 5.74) is 5.06. The van der Waals surface area contributed by atoms with Gasteiger partial charge < -0.3 is 10.1 Å². The Morgan fingerprint density at radius 1 is 1.12 bits per heavy atom. The maximum atomic E-state index is 12.5. The van der Waals surface area contributed by atoms with Crippen molar-refractivity contribution in [2.75, 3.05) is 6.54 Å². The van der Waals surface area contributed by atoms with Crippen LogP contribution in [0.25, 0.3) is 22.6 Å². The van der Waals surface area contributed by atoms with E-state index in [1.807, 2.05) is 61.5 Å². The largest absolute Gasteiger partial charge is 0.487 e. The molecular weight excluding hydrogens is 402 g/mol. The Labute approximate surface area is 185 Å². The van der Waals surface area contributed by atoms with E-state index in [-0.39, 0.29) is 18.4 Å². The zero-order valence-electron chi connectivity index (χ0n) is 17.7. The first kappa shape index (κ1) is 19.9. The predicted molar refractivity (Wildman–Crippen MR) is 121 cm³/mol. The van der Waals surface area contributed by atoms with Crippen LogP contribution < -0.4 is 10.1 Å². The van der Waals surface area contributed by atoms with Crippen LogP contribution in [0.2, 0.25) is 0 Å². The minimum Gasteiger partial charge on any atom is -0.487 e. The van der Waals surface area contributed by atoms with E-state index in [1.54, 1.807) is 6.20 Å². The summed E-state index contributed by atoms with van der Waals surface area (Å²) in [5, 5.41) is 10.0. The quantitative estimate of drug-likeness (QED) is 0.493. The Bertz CT molecular complexity index is 1250. The molecule has 4 aromatic rings. The number of nitrogens with zero attached hydrogens (tertiary/aromatic N) is 3. The standard InChI is InChI=1S/C25H23N5O2/c1-16-7-6-12-26-23(16)20-11-5-10-18-13-19(32-24(18)20)15-27-22(31)14-21-28-25(30-29-21)17-8-3-2-4-9-17/h2-12,19H,13-15H2,1H3,(H,27,31)(H,28,29,30). The number of hydrogen-bond donors (Lipinski definition) is 2. The number of benzene rings is 2. The number of ether oxygens (including phenoxy) is 1. The van der Waals surface area contributed by atoms with Gasteiger partial charge in [-0.25, -0.2) is 4.98 Å². The summed E-state index contributed by atoms with van der Waals surface area (Å²) < 4.78 is 6.22. The van der Waals surface area contributed by atoms with Gasteiger partial charge in [0.1, 0.15) is 17.7 Å². The summed E-state index contributed by atoms with van der Waals surface area (Å²) in [6.45, 7) is 2.47. The van der Waals surface area contributed by atoms with Crippen LogP contribution in [0, 0.1) is 6.92 Å². The molecule has 1 aliphatic rings. The summed E-state index contributed by atoms with van der Waals surface area (Å²) in [4.78, 5) is 21.4. The molecule has 7 nitrogen and oxygen atoms in total. The van der Waals surface area contributed by atoms with Crippen molar-refractivity contribution in [2.45, 2.75) is 25.9 Å². The first-order valence-corrected chi connectivity index (χ1v) is 10.6. The highest BCUT2D eigenvalue weighted by Crippen LogP contribution is 2.38.